The van der Waals surface area contributed by atoms with Crippen LogP contribution in [0, 0.1) is 13.8 Å². The van der Waals surface area contributed by atoms with Crippen molar-refractivity contribution in [3.05, 3.63) is 34.9 Å². The first-order chi connectivity index (χ1) is 15.3. The highest BCUT2D eigenvalue weighted by Crippen LogP contribution is 2.27. The van der Waals surface area contributed by atoms with Crippen LogP contribution < -0.4 is 10.6 Å². The van der Waals surface area contributed by atoms with Crippen molar-refractivity contribution in [2.75, 3.05) is 18.6 Å². The van der Waals surface area contributed by atoms with Gasteiger partial charge >= 0.3 is 6.09 Å². The summed E-state index contributed by atoms with van der Waals surface area (Å²) in [5.41, 5.74) is 2.04. The van der Waals surface area contributed by atoms with Gasteiger partial charge in [-0.1, -0.05) is 23.8 Å². The fourth-order valence-electron chi connectivity index (χ4n) is 3.48. The van der Waals surface area contributed by atoms with Crippen molar-refractivity contribution in [1.29, 1.82) is 0 Å². The molecule has 0 heterocycles. The number of ether oxygens (including phenoxy) is 1. The molecule has 0 saturated carbocycles. The summed E-state index contributed by atoms with van der Waals surface area (Å²) in [6.07, 6.45) is 1.73. The Bertz CT molecular complexity index is 820. The maximum absolute atomic E-state index is 13.7. The Morgan fingerprint density at radius 1 is 1.12 bits per heavy atom. The van der Waals surface area contributed by atoms with Crippen LogP contribution in [-0.4, -0.2) is 59.0 Å². The van der Waals surface area contributed by atoms with E-state index in [4.69, 9.17) is 4.74 Å². The van der Waals surface area contributed by atoms with Gasteiger partial charge in [-0.05, 0) is 84.9 Å². The first kappa shape index (κ1) is 28.8. The molecule has 186 valence electrons. The molecule has 0 aliphatic heterocycles. The smallest absolute Gasteiger partial charge is 0.408 e. The van der Waals surface area contributed by atoms with Crippen LogP contribution in [0.3, 0.4) is 0 Å². The van der Waals surface area contributed by atoms with Crippen molar-refractivity contribution < 1.29 is 19.1 Å². The zero-order chi connectivity index (χ0) is 25.3. The molecule has 0 fully saturated rings. The van der Waals surface area contributed by atoms with E-state index in [1.165, 1.54) is 0 Å². The molecule has 1 aromatic rings. The number of amides is 3. The SMILES string of the molecule is CCN(C(=O)C(CCSC)NC(=O)OC(C)(C)C)C(C(=O)NC(C)C)c1cc(C)ccc1C. The van der Waals surface area contributed by atoms with E-state index in [-0.39, 0.29) is 17.9 Å². The number of hydrogen-bond donors (Lipinski definition) is 2. The van der Waals surface area contributed by atoms with Gasteiger partial charge in [-0.3, -0.25) is 9.59 Å². The molecule has 0 saturated heterocycles. The lowest BCUT2D eigenvalue weighted by Gasteiger charge is -2.35. The lowest BCUT2D eigenvalue weighted by atomic mass is 9.96. The summed E-state index contributed by atoms with van der Waals surface area (Å²) in [5, 5.41) is 5.70. The summed E-state index contributed by atoms with van der Waals surface area (Å²) >= 11 is 1.59. The molecule has 1 rings (SSSR count). The van der Waals surface area contributed by atoms with Crippen molar-refractivity contribution in [2.45, 2.75) is 85.5 Å². The van der Waals surface area contributed by atoms with Gasteiger partial charge in [-0.2, -0.15) is 11.8 Å². The zero-order valence-corrected chi connectivity index (χ0v) is 22.4. The molecule has 0 aromatic heterocycles. The second-order valence-electron chi connectivity index (χ2n) is 9.53. The number of nitrogens with one attached hydrogen (secondary N) is 2. The lowest BCUT2D eigenvalue weighted by Crippen LogP contribution is -2.53. The topological polar surface area (TPSA) is 87.7 Å². The van der Waals surface area contributed by atoms with Gasteiger partial charge in [0.2, 0.25) is 11.8 Å². The molecule has 8 heteroatoms. The van der Waals surface area contributed by atoms with Crippen molar-refractivity contribution in [3.8, 4) is 0 Å². The number of likely N-dealkylation sites (N-methyl/N-ethyl adjacent to an activating group) is 1. The summed E-state index contributed by atoms with van der Waals surface area (Å²) < 4.78 is 5.38. The Hall–Kier alpha value is -2.22. The predicted molar refractivity (Wildman–Crippen MR) is 135 cm³/mol. The van der Waals surface area contributed by atoms with Gasteiger partial charge in [0.05, 0.1) is 0 Å². The lowest BCUT2D eigenvalue weighted by molar-refractivity contribution is -0.142. The summed E-state index contributed by atoms with van der Waals surface area (Å²) in [5.74, 6) is 0.132. The second kappa shape index (κ2) is 12.9. The highest BCUT2D eigenvalue weighted by atomic mass is 32.2. The molecule has 0 radical (unpaired) electrons. The second-order valence-corrected chi connectivity index (χ2v) is 10.5. The quantitative estimate of drug-likeness (QED) is 0.520. The van der Waals surface area contributed by atoms with Gasteiger partial charge in [0.15, 0.2) is 0 Å². The van der Waals surface area contributed by atoms with Crippen molar-refractivity contribution in [3.63, 3.8) is 0 Å². The van der Waals surface area contributed by atoms with E-state index < -0.39 is 23.8 Å². The molecule has 0 bridgehead atoms. The highest BCUT2D eigenvalue weighted by molar-refractivity contribution is 7.98. The minimum absolute atomic E-state index is 0.0777. The number of aryl methyl sites for hydroxylation is 2. The fourth-order valence-corrected chi connectivity index (χ4v) is 3.95. The largest absolute Gasteiger partial charge is 0.444 e. The third kappa shape index (κ3) is 9.27. The van der Waals surface area contributed by atoms with E-state index in [9.17, 15) is 14.4 Å². The fraction of sp³-hybridized carbons (Fsp3) is 0.640. The Morgan fingerprint density at radius 3 is 2.27 bits per heavy atom. The molecule has 0 aliphatic rings. The van der Waals surface area contributed by atoms with Crippen LogP contribution in [-0.2, 0) is 14.3 Å². The van der Waals surface area contributed by atoms with Crippen LogP contribution in [0.2, 0.25) is 0 Å². The van der Waals surface area contributed by atoms with E-state index in [1.54, 1.807) is 37.4 Å². The van der Waals surface area contributed by atoms with Crippen LogP contribution in [0.4, 0.5) is 4.79 Å². The third-order valence-corrected chi connectivity index (χ3v) is 5.59. The Kier molecular flexibility index (Phi) is 11.2. The number of carbonyl (C=O) groups excluding carboxylic acids is 3. The maximum atomic E-state index is 13.7. The van der Waals surface area contributed by atoms with Crippen LogP contribution in [0.1, 0.15) is 70.7 Å². The number of nitrogens with zero attached hydrogens (tertiary/aromatic N) is 1. The number of hydrogen-bond acceptors (Lipinski definition) is 5. The standard InChI is InChI=1S/C25H41N3O4S/c1-10-28(23(30)20(13-14-33-9)27-24(31)32-25(6,7)8)21(22(29)26-16(2)3)19-15-17(4)11-12-18(19)5/h11-12,15-16,20-21H,10,13-14H2,1-9H3,(H,26,29)(H,27,31). The van der Waals surface area contributed by atoms with Crippen LogP contribution in [0.15, 0.2) is 18.2 Å². The van der Waals surface area contributed by atoms with Gasteiger partial charge in [0.25, 0.3) is 0 Å². The van der Waals surface area contributed by atoms with Gasteiger partial charge in [-0.15, -0.1) is 0 Å². The molecule has 2 unspecified atom stereocenters. The minimum Gasteiger partial charge on any atom is -0.444 e. The van der Waals surface area contributed by atoms with E-state index >= 15 is 0 Å². The van der Waals surface area contributed by atoms with E-state index in [2.05, 4.69) is 10.6 Å². The van der Waals surface area contributed by atoms with E-state index in [0.29, 0.717) is 18.7 Å². The number of carbonyl (C=O) groups is 3. The van der Waals surface area contributed by atoms with Crippen LogP contribution in [0.25, 0.3) is 0 Å². The zero-order valence-electron chi connectivity index (χ0n) is 21.6. The van der Waals surface area contributed by atoms with Gasteiger partial charge < -0.3 is 20.3 Å². The van der Waals surface area contributed by atoms with Gasteiger partial charge in [-0.25, -0.2) is 4.79 Å². The van der Waals surface area contributed by atoms with E-state index in [1.807, 2.05) is 59.1 Å². The Morgan fingerprint density at radius 2 is 1.76 bits per heavy atom. The third-order valence-electron chi connectivity index (χ3n) is 4.94. The monoisotopic (exact) mass is 479 g/mol. The molecule has 7 nitrogen and oxygen atoms in total. The summed E-state index contributed by atoms with van der Waals surface area (Å²) in [7, 11) is 0. The van der Waals surface area contributed by atoms with Crippen LogP contribution in [0.5, 0.6) is 0 Å². The first-order valence-corrected chi connectivity index (χ1v) is 12.9. The Labute approximate surface area is 203 Å². The number of rotatable bonds is 10. The molecule has 1 aromatic carbocycles. The van der Waals surface area contributed by atoms with E-state index in [0.717, 1.165) is 16.7 Å². The van der Waals surface area contributed by atoms with Crippen molar-refractivity contribution in [1.82, 2.24) is 15.5 Å². The average molecular weight is 480 g/mol. The Balaban J connectivity index is 3.39. The summed E-state index contributed by atoms with van der Waals surface area (Å²) in [6.45, 7) is 15.2. The highest BCUT2D eigenvalue weighted by Gasteiger charge is 2.36. The number of alkyl carbamates (subject to hydrolysis) is 1. The van der Waals surface area contributed by atoms with Crippen molar-refractivity contribution >= 4 is 29.7 Å². The molecular weight excluding hydrogens is 438 g/mol. The van der Waals surface area contributed by atoms with Gasteiger partial charge in [0.1, 0.15) is 17.7 Å². The van der Waals surface area contributed by atoms with Crippen molar-refractivity contribution in [2.24, 2.45) is 0 Å². The van der Waals surface area contributed by atoms with Crippen LogP contribution >= 0.6 is 11.8 Å². The number of benzene rings is 1. The predicted octanol–water partition coefficient (Wildman–Crippen LogP) is 4.36. The number of thioether (sulfide) groups is 1. The summed E-state index contributed by atoms with van der Waals surface area (Å²) in [4.78, 5) is 41.1. The van der Waals surface area contributed by atoms with Gasteiger partial charge in [0, 0.05) is 12.6 Å². The minimum atomic E-state index is -0.804. The molecule has 3 amide bonds. The summed E-state index contributed by atoms with van der Waals surface area (Å²) in [6, 6.07) is 4.22. The average Bonchev–Trinajstić information content (AvgIpc) is 2.68. The first-order valence-electron chi connectivity index (χ1n) is 11.5. The molecule has 2 N–H and O–H groups in total. The normalized spacial score (nSPS) is 13.3. The molecular formula is C25H41N3O4S. The molecule has 2 atom stereocenters. The molecule has 0 spiro atoms. The molecule has 33 heavy (non-hydrogen) atoms. The maximum Gasteiger partial charge on any atom is 0.408 e. The molecule has 0 aliphatic carbocycles.